The predicted molar refractivity (Wildman–Crippen MR) is 97.5 cm³/mol. The minimum absolute atomic E-state index is 0.316. The third kappa shape index (κ3) is 3.62. The highest BCUT2D eigenvalue weighted by Gasteiger charge is 2.42. The lowest BCUT2D eigenvalue weighted by atomic mass is 10.0. The Bertz CT molecular complexity index is 787. The van der Waals surface area contributed by atoms with Crippen molar-refractivity contribution in [3.63, 3.8) is 0 Å². The summed E-state index contributed by atoms with van der Waals surface area (Å²) in [6.07, 6.45) is 1.44. The van der Waals surface area contributed by atoms with Gasteiger partial charge in [-0.15, -0.1) is 0 Å². The summed E-state index contributed by atoms with van der Waals surface area (Å²) in [5.74, 6) is 0.355. The number of anilines is 1. The zero-order valence-electron chi connectivity index (χ0n) is 13.9. The number of hydrogen-bond donors (Lipinski definition) is 7. The van der Waals surface area contributed by atoms with E-state index in [1.165, 1.54) is 18.1 Å². The highest BCUT2D eigenvalue weighted by molar-refractivity contribution is 7.99. The van der Waals surface area contributed by atoms with Gasteiger partial charge in [-0.2, -0.15) is 11.8 Å². The first kappa shape index (κ1) is 18.9. The van der Waals surface area contributed by atoms with Crippen molar-refractivity contribution in [1.29, 1.82) is 0 Å². The van der Waals surface area contributed by atoms with Crippen LogP contribution in [0.15, 0.2) is 12.5 Å². The van der Waals surface area contributed by atoms with Crippen molar-refractivity contribution in [2.75, 3.05) is 17.2 Å². The number of nitrogen functional groups attached to an aromatic ring is 1. The average Bonchev–Trinajstić information content (AvgIpc) is 3.15. The van der Waals surface area contributed by atoms with Crippen LogP contribution in [0.3, 0.4) is 0 Å². The van der Waals surface area contributed by atoms with E-state index in [-0.39, 0.29) is 6.04 Å². The van der Waals surface area contributed by atoms with E-state index in [2.05, 4.69) is 20.3 Å². The Balaban J connectivity index is 1.64. The van der Waals surface area contributed by atoms with Crippen molar-refractivity contribution in [3.8, 4) is 0 Å². The van der Waals surface area contributed by atoms with Crippen LogP contribution in [-0.2, 0) is 4.79 Å². The quantitative estimate of drug-likeness (QED) is 0.287. The third-order valence-electron chi connectivity index (χ3n) is 4.54. The molecule has 1 saturated heterocycles. The van der Waals surface area contributed by atoms with E-state index in [9.17, 15) is 15.0 Å². The highest BCUT2D eigenvalue weighted by atomic mass is 32.2. The van der Waals surface area contributed by atoms with Crippen molar-refractivity contribution in [3.05, 3.63) is 18.1 Å². The molecule has 9 N–H and O–H groups in total. The second kappa shape index (κ2) is 7.76. The molecule has 1 unspecified atom stereocenters. The number of hydrogen-bond acceptors (Lipinski definition) is 9. The van der Waals surface area contributed by atoms with Crippen molar-refractivity contribution in [2.24, 2.45) is 5.73 Å². The Morgan fingerprint density at radius 2 is 2.12 bits per heavy atom. The maximum absolute atomic E-state index is 10.7. The number of fused-ring (bicyclic) bond motifs is 1. The molecule has 2 aromatic heterocycles. The molecule has 0 amide bonds. The second-order valence-corrected chi connectivity index (χ2v) is 7.42. The van der Waals surface area contributed by atoms with Gasteiger partial charge in [0, 0.05) is 23.6 Å². The summed E-state index contributed by atoms with van der Waals surface area (Å²) in [4.78, 5) is 21.8. The molecule has 1 fully saturated rings. The molecule has 0 saturated carbocycles. The van der Waals surface area contributed by atoms with E-state index >= 15 is 0 Å². The molecule has 2 aromatic rings. The first-order valence-electron chi connectivity index (χ1n) is 8.16. The summed E-state index contributed by atoms with van der Waals surface area (Å²) in [7, 11) is 0. The van der Waals surface area contributed by atoms with Crippen molar-refractivity contribution in [1.82, 2.24) is 20.3 Å². The number of carboxylic acids is 1. The van der Waals surface area contributed by atoms with Crippen LogP contribution in [0.1, 0.15) is 18.0 Å². The van der Waals surface area contributed by atoms with Crippen molar-refractivity contribution >= 4 is 34.6 Å². The van der Waals surface area contributed by atoms with E-state index in [1.54, 1.807) is 6.20 Å². The number of carboxylic acid groups (broad SMARTS) is 1. The van der Waals surface area contributed by atoms with Gasteiger partial charge >= 0.3 is 5.97 Å². The predicted octanol–water partition coefficient (Wildman–Crippen LogP) is -1.19. The fourth-order valence-corrected chi connectivity index (χ4v) is 4.18. The molecule has 0 bridgehead atoms. The van der Waals surface area contributed by atoms with Gasteiger partial charge in [-0.25, -0.2) is 9.97 Å². The van der Waals surface area contributed by atoms with Gasteiger partial charge in [-0.3, -0.25) is 4.79 Å². The lowest BCUT2D eigenvalue weighted by Crippen LogP contribution is -2.35. The van der Waals surface area contributed by atoms with Gasteiger partial charge in [0.15, 0.2) is 5.82 Å². The van der Waals surface area contributed by atoms with Crippen LogP contribution in [-0.4, -0.2) is 72.0 Å². The fourth-order valence-electron chi connectivity index (χ4n) is 3.04. The summed E-state index contributed by atoms with van der Waals surface area (Å²) in [5, 5.41) is 32.8. The van der Waals surface area contributed by atoms with Gasteiger partial charge in [0.1, 0.15) is 24.0 Å². The van der Waals surface area contributed by atoms with Gasteiger partial charge in [-0.05, 0) is 12.2 Å². The highest BCUT2D eigenvalue weighted by Crippen LogP contribution is 2.33. The number of thioether (sulfide) groups is 1. The molecule has 3 rings (SSSR count). The monoisotopic (exact) mass is 382 g/mol. The van der Waals surface area contributed by atoms with Gasteiger partial charge in [-0.1, -0.05) is 0 Å². The number of aromatic nitrogens is 3. The summed E-state index contributed by atoms with van der Waals surface area (Å²) in [5.41, 5.74) is 13.2. The second-order valence-electron chi connectivity index (χ2n) is 6.27. The van der Waals surface area contributed by atoms with Crippen LogP contribution in [0, 0.1) is 0 Å². The fraction of sp³-hybridized carbons (Fsp3) is 0.533. The third-order valence-corrected chi connectivity index (χ3v) is 5.66. The van der Waals surface area contributed by atoms with Crippen LogP contribution < -0.4 is 16.8 Å². The molecule has 0 aromatic carbocycles. The summed E-state index contributed by atoms with van der Waals surface area (Å²) < 4.78 is 0. The van der Waals surface area contributed by atoms with Crippen LogP contribution in [0.2, 0.25) is 0 Å². The first-order chi connectivity index (χ1) is 12.4. The standard InChI is InChI=1S/C15H22N6O4S/c16-7(15(24)25)1-2-26-4-8-12(22)13(23)10(21-8)6-3-18-11-9(6)19-5-20-14(11)17/h3,5,7-8,10,12-13,18,21-23H,1-2,4,16H2,(H,24,25)(H2,17,19,20)/t7?,8-,10+,12-,13+/m0/s1. The van der Waals surface area contributed by atoms with E-state index in [1.807, 2.05) is 0 Å². The van der Waals surface area contributed by atoms with E-state index in [4.69, 9.17) is 16.6 Å². The van der Waals surface area contributed by atoms with Crippen LogP contribution in [0.4, 0.5) is 5.82 Å². The van der Waals surface area contributed by atoms with Crippen LogP contribution >= 0.6 is 11.8 Å². The normalized spacial score (nSPS) is 27.0. The molecule has 0 radical (unpaired) electrons. The SMILES string of the molecule is Nc1ncnc2c([C@H]3N[C@@H](CSCCC(N)C(=O)O)[C@H](O)[C@@H]3O)c[nH]c12. The molecule has 26 heavy (non-hydrogen) atoms. The molecule has 142 valence electrons. The largest absolute Gasteiger partial charge is 0.480 e. The maximum Gasteiger partial charge on any atom is 0.320 e. The summed E-state index contributed by atoms with van der Waals surface area (Å²) >= 11 is 1.48. The number of rotatable bonds is 7. The number of H-pyrrole nitrogens is 1. The maximum atomic E-state index is 10.7. The lowest BCUT2D eigenvalue weighted by molar-refractivity contribution is -0.138. The first-order valence-corrected chi connectivity index (χ1v) is 9.31. The summed E-state index contributed by atoms with van der Waals surface area (Å²) in [6.45, 7) is 0. The van der Waals surface area contributed by atoms with E-state index in [0.717, 1.165) is 0 Å². The lowest BCUT2D eigenvalue weighted by Gasteiger charge is -2.15. The molecule has 0 spiro atoms. The number of aromatic amines is 1. The molecule has 0 aliphatic carbocycles. The minimum atomic E-state index is -1.03. The van der Waals surface area contributed by atoms with Crippen molar-refractivity contribution < 1.29 is 20.1 Å². The topological polar surface area (TPSA) is 183 Å². The van der Waals surface area contributed by atoms with E-state index in [0.29, 0.717) is 40.3 Å². The molecular formula is C15H22N6O4S. The summed E-state index contributed by atoms with van der Waals surface area (Å²) in [6, 6.07) is -1.73. The molecule has 3 heterocycles. The number of nitrogens with zero attached hydrogens (tertiary/aromatic N) is 2. The molecule has 5 atom stereocenters. The Labute approximate surface area is 153 Å². The Kier molecular flexibility index (Phi) is 5.63. The molecular weight excluding hydrogens is 360 g/mol. The smallest absolute Gasteiger partial charge is 0.320 e. The van der Waals surface area contributed by atoms with Gasteiger partial charge < -0.3 is 37.1 Å². The van der Waals surface area contributed by atoms with Gasteiger partial charge in [0.2, 0.25) is 0 Å². The van der Waals surface area contributed by atoms with Gasteiger partial charge in [0.25, 0.3) is 0 Å². The number of aliphatic hydroxyl groups excluding tert-OH is 2. The molecule has 1 aliphatic rings. The minimum Gasteiger partial charge on any atom is -0.480 e. The average molecular weight is 382 g/mol. The number of carbonyl (C=O) groups is 1. The Hall–Kier alpha value is -1.92. The Morgan fingerprint density at radius 3 is 2.85 bits per heavy atom. The van der Waals surface area contributed by atoms with Crippen LogP contribution in [0.25, 0.3) is 11.0 Å². The van der Waals surface area contributed by atoms with Gasteiger partial charge in [0.05, 0.1) is 17.7 Å². The Morgan fingerprint density at radius 1 is 1.35 bits per heavy atom. The molecule has 10 nitrogen and oxygen atoms in total. The van der Waals surface area contributed by atoms with Crippen molar-refractivity contribution in [2.45, 2.75) is 36.8 Å². The number of nitrogens with two attached hydrogens (primary N) is 2. The molecule has 1 aliphatic heterocycles. The number of nitrogens with one attached hydrogen (secondary N) is 2. The zero-order chi connectivity index (χ0) is 18.8. The number of aliphatic carboxylic acids is 1. The van der Waals surface area contributed by atoms with E-state index < -0.39 is 30.3 Å². The number of aliphatic hydroxyl groups is 2. The van der Waals surface area contributed by atoms with Crippen LogP contribution in [0.5, 0.6) is 0 Å². The zero-order valence-corrected chi connectivity index (χ0v) is 14.7. The molecule has 11 heteroatoms.